The van der Waals surface area contributed by atoms with Crippen molar-refractivity contribution in [2.75, 3.05) is 20.2 Å². The van der Waals surface area contributed by atoms with Crippen LogP contribution in [0.3, 0.4) is 0 Å². The van der Waals surface area contributed by atoms with Crippen LogP contribution in [-0.2, 0) is 14.8 Å². The van der Waals surface area contributed by atoms with E-state index in [4.69, 9.17) is 9.15 Å². The zero-order valence-electron chi connectivity index (χ0n) is 14.0. The largest absolute Gasteiger partial charge is 0.465 e. The highest BCUT2D eigenvalue weighted by atomic mass is 35.5. The van der Waals surface area contributed by atoms with E-state index >= 15 is 0 Å². The standard InChI is InChI=1S/C15H22N2O5S.ClH/c1-9-13(15(18)21-3)14(10(2)22-9)23(19,20)17-11-4-5-12(17)8-16-7-6-11;/h11-12,16H,4-8H2,1-3H3;1H. The molecule has 0 saturated carbocycles. The van der Waals surface area contributed by atoms with Crippen LogP contribution in [0, 0.1) is 13.8 Å². The topological polar surface area (TPSA) is 88.8 Å². The fraction of sp³-hybridized carbons (Fsp3) is 0.667. The Morgan fingerprint density at radius 2 is 1.88 bits per heavy atom. The maximum Gasteiger partial charge on any atom is 0.342 e. The van der Waals surface area contributed by atoms with E-state index in [9.17, 15) is 13.2 Å². The zero-order chi connectivity index (χ0) is 16.8. The van der Waals surface area contributed by atoms with Crippen LogP contribution in [-0.4, -0.2) is 51.0 Å². The van der Waals surface area contributed by atoms with Gasteiger partial charge in [-0.1, -0.05) is 0 Å². The third-order valence-electron chi connectivity index (χ3n) is 4.72. The maximum atomic E-state index is 13.3. The lowest BCUT2D eigenvalue weighted by Crippen LogP contribution is -2.43. The summed E-state index contributed by atoms with van der Waals surface area (Å²) in [4.78, 5) is 12.0. The van der Waals surface area contributed by atoms with Crippen molar-refractivity contribution in [3.05, 3.63) is 17.1 Å². The Morgan fingerprint density at radius 1 is 1.21 bits per heavy atom. The van der Waals surface area contributed by atoms with Crippen molar-refractivity contribution >= 4 is 28.4 Å². The Morgan fingerprint density at radius 3 is 2.54 bits per heavy atom. The minimum absolute atomic E-state index is 0. The number of ether oxygens (including phenoxy) is 1. The van der Waals surface area contributed by atoms with Crippen LogP contribution < -0.4 is 5.32 Å². The molecule has 2 aliphatic rings. The molecule has 2 saturated heterocycles. The lowest BCUT2D eigenvalue weighted by atomic mass is 10.1. The molecular weight excluding hydrogens is 356 g/mol. The van der Waals surface area contributed by atoms with Crippen molar-refractivity contribution in [3.63, 3.8) is 0 Å². The van der Waals surface area contributed by atoms with Crippen molar-refractivity contribution in [2.45, 2.75) is 50.1 Å². The second-order valence-corrected chi connectivity index (χ2v) is 7.90. The molecule has 24 heavy (non-hydrogen) atoms. The van der Waals surface area contributed by atoms with E-state index in [1.807, 2.05) is 0 Å². The molecule has 0 aliphatic carbocycles. The summed E-state index contributed by atoms with van der Waals surface area (Å²) in [7, 11) is -2.58. The SMILES string of the molecule is COC(=O)c1c(C)oc(C)c1S(=O)(=O)N1C2CCNCC1CC2.Cl. The number of carbonyl (C=O) groups is 1. The van der Waals surface area contributed by atoms with E-state index in [1.165, 1.54) is 7.11 Å². The van der Waals surface area contributed by atoms with Crippen molar-refractivity contribution in [3.8, 4) is 0 Å². The van der Waals surface area contributed by atoms with Crippen LogP contribution in [0.1, 0.15) is 41.1 Å². The van der Waals surface area contributed by atoms with Crippen LogP contribution >= 0.6 is 12.4 Å². The van der Waals surface area contributed by atoms with Gasteiger partial charge >= 0.3 is 5.97 Å². The quantitative estimate of drug-likeness (QED) is 0.804. The molecule has 0 amide bonds. The average Bonchev–Trinajstić information content (AvgIpc) is 2.93. The predicted molar refractivity (Wildman–Crippen MR) is 90.1 cm³/mol. The number of fused-ring (bicyclic) bond motifs is 2. The molecule has 3 rings (SSSR count). The van der Waals surface area contributed by atoms with Gasteiger partial charge in [0.05, 0.1) is 7.11 Å². The number of hydrogen-bond acceptors (Lipinski definition) is 6. The summed E-state index contributed by atoms with van der Waals surface area (Å²) in [6.07, 6.45) is 2.47. The number of carbonyl (C=O) groups excluding carboxylic acids is 1. The van der Waals surface area contributed by atoms with Crippen LogP contribution in [0.15, 0.2) is 9.31 Å². The van der Waals surface area contributed by atoms with Gasteiger partial charge in [0.1, 0.15) is 22.0 Å². The van der Waals surface area contributed by atoms with E-state index in [0.29, 0.717) is 6.54 Å². The van der Waals surface area contributed by atoms with Gasteiger partial charge in [-0.3, -0.25) is 0 Å². The molecule has 2 atom stereocenters. The number of hydrogen-bond donors (Lipinski definition) is 1. The highest BCUT2D eigenvalue weighted by Crippen LogP contribution is 2.37. The van der Waals surface area contributed by atoms with E-state index < -0.39 is 16.0 Å². The maximum absolute atomic E-state index is 13.3. The average molecular weight is 379 g/mol. The van der Waals surface area contributed by atoms with Crippen LogP contribution in [0.4, 0.5) is 0 Å². The molecule has 2 fully saturated rings. The third kappa shape index (κ3) is 2.96. The molecule has 1 aromatic heterocycles. The zero-order valence-corrected chi connectivity index (χ0v) is 15.6. The van der Waals surface area contributed by atoms with Crippen LogP contribution in [0.5, 0.6) is 0 Å². The molecule has 2 bridgehead atoms. The molecule has 7 nitrogen and oxygen atoms in total. The number of nitrogens with one attached hydrogen (secondary N) is 1. The van der Waals surface area contributed by atoms with Gasteiger partial charge in [0.15, 0.2) is 0 Å². The molecule has 0 aromatic carbocycles. The van der Waals surface area contributed by atoms with Crippen molar-refractivity contribution in [1.82, 2.24) is 9.62 Å². The van der Waals surface area contributed by atoms with Crippen molar-refractivity contribution in [2.24, 2.45) is 0 Å². The lowest BCUT2D eigenvalue weighted by molar-refractivity contribution is 0.0594. The summed E-state index contributed by atoms with van der Waals surface area (Å²) in [5.41, 5.74) is 0.0154. The number of esters is 1. The second-order valence-electron chi connectivity index (χ2n) is 6.12. The monoisotopic (exact) mass is 378 g/mol. The van der Waals surface area contributed by atoms with Gasteiger partial charge in [0.25, 0.3) is 0 Å². The summed E-state index contributed by atoms with van der Waals surface area (Å²) >= 11 is 0. The highest BCUT2D eigenvalue weighted by molar-refractivity contribution is 7.89. The number of aryl methyl sites for hydroxylation is 2. The molecular formula is C15H23ClN2O5S. The molecule has 2 unspecified atom stereocenters. The van der Waals surface area contributed by atoms with Crippen molar-refractivity contribution in [1.29, 1.82) is 0 Å². The first-order chi connectivity index (χ1) is 10.9. The first kappa shape index (κ1) is 19.2. The number of furan rings is 1. The van der Waals surface area contributed by atoms with Crippen LogP contribution in [0.25, 0.3) is 0 Å². The van der Waals surface area contributed by atoms with Gasteiger partial charge in [-0.2, -0.15) is 4.31 Å². The normalized spacial score (nSPS) is 24.3. The number of nitrogens with zero attached hydrogens (tertiary/aromatic N) is 1. The summed E-state index contributed by atoms with van der Waals surface area (Å²) in [5, 5.41) is 3.28. The number of rotatable bonds is 3. The number of sulfonamides is 1. The first-order valence-electron chi connectivity index (χ1n) is 7.80. The Kier molecular flexibility index (Phi) is 5.64. The Hall–Kier alpha value is -1.09. The minimum Gasteiger partial charge on any atom is -0.465 e. The lowest BCUT2D eigenvalue weighted by Gasteiger charge is -2.26. The minimum atomic E-state index is -3.82. The Labute approximate surface area is 148 Å². The summed E-state index contributed by atoms with van der Waals surface area (Å²) in [5.74, 6) is -0.175. The van der Waals surface area contributed by atoms with E-state index in [2.05, 4.69) is 5.32 Å². The summed E-state index contributed by atoms with van der Waals surface area (Å²) in [6.45, 7) is 4.60. The Bertz CT molecular complexity index is 716. The smallest absolute Gasteiger partial charge is 0.342 e. The number of methoxy groups -OCH3 is 1. The van der Waals surface area contributed by atoms with Crippen molar-refractivity contribution < 1.29 is 22.4 Å². The van der Waals surface area contributed by atoms with Gasteiger partial charge in [-0.25, -0.2) is 13.2 Å². The molecule has 136 valence electrons. The van der Waals surface area contributed by atoms with Gasteiger partial charge in [0, 0.05) is 18.6 Å². The molecule has 0 spiro atoms. The fourth-order valence-corrected chi connectivity index (χ4v) is 6.02. The molecule has 9 heteroatoms. The Balaban J connectivity index is 0.00000208. The van der Waals surface area contributed by atoms with Crippen LogP contribution in [0.2, 0.25) is 0 Å². The van der Waals surface area contributed by atoms with Gasteiger partial charge in [-0.15, -0.1) is 12.4 Å². The van der Waals surface area contributed by atoms with Gasteiger partial charge in [-0.05, 0) is 39.7 Å². The summed E-state index contributed by atoms with van der Waals surface area (Å²) < 4.78 is 38.4. The van der Waals surface area contributed by atoms with Gasteiger partial charge in [0.2, 0.25) is 10.0 Å². The molecule has 1 aromatic rings. The molecule has 0 radical (unpaired) electrons. The van der Waals surface area contributed by atoms with E-state index in [-0.39, 0.29) is 46.5 Å². The molecule has 2 aliphatic heterocycles. The second kappa shape index (κ2) is 7.03. The third-order valence-corrected chi connectivity index (χ3v) is 6.88. The molecule has 3 heterocycles. The first-order valence-corrected chi connectivity index (χ1v) is 9.24. The highest BCUT2D eigenvalue weighted by Gasteiger charge is 2.46. The molecule has 1 N–H and O–H groups in total. The van der Waals surface area contributed by atoms with E-state index in [1.54, 1.807) is 18.2 Å². The summed E-state index contributed by atoms with van der Waals surface area (Å²) in [6, 6.07) is -0.104. The van der Waals surface area contributed by atoms with Gasteiger partial charge < -0.3 is 14.5 Å². The van der Waals surface area contributed by atoms with E-state index in [0.717, 1.165) is 25.8 Å². The fourth-order valence-electron chi connectivity index (χ4n) is 3.75. The predicted octanol–water partition coefficient (Wildman–Crippen LogP) is 1.62. The number of halogens is 1.